The topological polar surface area (TPSA) is 140 Å². The number of esters is 2. The Kier molecular flexibility index (Phi) is 22.6. The van der Waals surface area contributed by atoms with Gasteiger partial charge in [0, 0.05) is 58.8 Å². The van der Waals surface area contributed by atoms with Crippen molar-refractivity contribution >= 4 is 23.9 Å². The van der Waals surface area contributed by atoms with E-state index in [4.69, 9.17) is 9.47 Å². The summed E-state index contributed by atoms with van der Waals surface area (Å²) in [7, 11) is 0. The summed E-state index contributed by atoms with van der Waals surface area (Å²) in [5.41, 5.74) is -0.600. The first-order valence-electron chi connectivity index (χ1n) is 13.1. The molecule has 0 aliphatic carbocycles. The van der Waals surface area contributed by atoms with Gasteiger partial charge in [0.1, 0.15) is 5.60 Å². The van der Waals surface area contributed by atoms with Gasteiger partial charge in [-0.05, 0) is 47.1 Å². The molecular weight excluding hydrogens is 587 g/mol. The van der Waals surface area contributed by atoms with E-state index in [0.717, 1.165) is 13.0 Å². The first kappa shape index (κ1) is 40.3. The van der Waals surface area contributed by atoms with Gasteiger partial charge in [-0.2, -0.15) is 0 Å². The third kappa shape index (κ3) is 21.6. The Morgan fingerprint density at radius 2 is 1.10 bits per heavy atom. The van der Waals surface area contributed by atoms with E-state index in [2.05, 4.69) is 4.90 Å². The van der Waals surface area contributed by atoms with E-state index in [-0.39, 0.29) is 78.1 Å². The van der Waals surface area contributed by atoms with E-state index < -0.39 is 17.5 Å². The first-order chi connectivity index (χ1) is 17.4. The molecule has 14 heteroatoms. The van der Waals surface area contributed by atoms with Crippen LogP contribution >= 0.6 is 0 Å². The molecule has 1 rings (SSSR count). The third-order valence-electron chi connectivity index (χ3n) is 5.83. The van der Waals surface area contributed by atoms with Gasteiger partial charge in [0.05, 0.1) is 26.2 Å². The fourth-order valence-corrected chi connectivity index (χ4v) is 4.05. The van der Waals surface area contributed by atoms with Crippen molar-refractivity contribution in [1.82, 2.24) is 19.6 Å². The second kappa shape index (κ2) is 21.9. The first-order valence-corrected chi connectivity index (χ1v) is 13.1. The van der Waals surface area contributed by atoms with Gasteiger partial charge in [0.25, 0.3) is 0 Å². The molecule has 12 nitrogen and oxygen atoms in total. The predicted octanol–water partition coefficient (Wildman–Crippen LogP) is -5.54. The van der Waals surface area contributed by atoms with Crippen LogP contribution in [0.25, 0.3) is 0 Å². The largest absolute Gasteiger partial charge is 1.00 e. The summed E-state index contributed by atoms with van der Waals surface area (Å²) in [6.07, 6.45) is 1.84. The molecule has 0 aromatic rings. The molecule has 0 amide bonds. The Labute approximate surface area is 265 Å². The Morgan fingerprint density at radius 1 is 0.692 bits per heavy atom. The quantitative estimate of drug-likeness (QED) is 0.120. The molecule has 1 saturated heterocycles. The van der Waals surface area contributed by atoms with Crippen LogP contribution in [0.1, 0.15) is 47.0 Å². The Hall–Kier alpha value is -0.800. The van der Waals surface area contributed by atoms with Crippen LogP contribution in [-0.2, 0) is 28.7 Å². The summed E-state index contributed by atoms with van der Waals surface area (Å²) in [5.74, 6) is -2.43. The third-order valence-corrected chi connectivity index (χ3v) is 5.83. The SMILES string of the molecule is CCOC(=O)CCCCN1CCN(CC(=O)O)CCN(CC(=O)O)CCN(CC(=O)OC(C)(C)C)CC1.[Br-].[Na+]. The number of carboxylic acid groups (broad SMARTS) is 2. The zero-order valence-electron chi connectivity index (χ0n) is 24.3. The number of carbonyl (C=O) groups excluding carboxylic acids is 2. The van der Waals surface area contributed by atoms with Gasteiger partial charge in [-0.1, -0.05) is 0 Å². The summed E-state index contributed by atoms with van der Waals surface area (Å²) in [4.78, 5) is 54.8. The molecule has 0 aromatic carbocycles. The molecule has 1 heterocycles. The minimum absolute atomic E-state index is 0. The van der Waals surface area contributed by atoms with Crippen LogP contribution in [0.3, 0.4) is 0 Å². The normalized spacial score (nSPS) is 17.0. The molecule has 0 spiro atoms. The number of ether oxygens (including phenoxy) is 2. The van der Waals surface area contributed by atoms with Crippen molar-refractivity contribution in [3.8, 4) is 0 Å². The average molecular weight is 634 g/mol. The standard InChI is InChI=1S/C25H46N4O8.BrH.Na/c1-5-36-23(34)8-6-7-9-26-10-12-27(18-21(30)31)14-15-28(19-22(32)33)16-17-29(13-11-26)20-24(35)37-25(2,3)4;;/h5-20H2,1-4H3,(H,30,31)(H,32,33);1H;/q;;+1/p-1. The molecule has 0 unspecified atom stereocenters. The van der Waals surface area contributed by atoms with Gasteiger partial charge < -0.3 is 41.6 Å². The molecule has 39 heavy (non-hydrogen) atoms. The van der Waals surface area contributed by atoms with Crippen LogP contribution < -0.4 is 46.5 Å². The Bertz CT molecular complexity index is 741. The van der Waals surface area contributed by atoms with E-state index in [9.17, 15) is 29.4 Å². The smallest absolute Gasteiger partial charge is 1.00 e. The van der Waals surface area contributed by atoms with E-state index >= 15 is 0 Å². The van der Waals surface area contributed by atoms with Gasteiger partial charge >= 0.3 is 53.4 Å². The molecule has 222 valence electrons. The van der Waals surface area contributed by atoms with Crippen LogP contribution in [0.4, 0.5) is 0 Å². The molecule has 0 atom stereocenters. The molecule has 0 bridgehead atoms. The molecule has 0 radical (unpaired) electrons. The number of hydrogen-bond donors (Lipinski definition) is 2. The van der Waals surface area contributed by atoms with Crippen molar-refractivity contribution in [2.75, 3.05) is 85.1 Å². The summed E-state index contributed by atoms with van der Waals surface area (Å²) in [5, 5.41) is 18.7. The van der Waals surface area contributed by atoms with Crippen LogP contribution in [-0.4, -0.2) is 144 Å². The van der Waals surface area contributed by atoms with E-state index in [1.807, 2.05) is 30.6 Å². The van der Waals surface area contributed by atoms with Gasteiger partial charge in [-0.15, -0.1) is 0 Å². The average Bonchev–Trinajstić information content (AvgIpc) is 2.76. The summed E-state index contributed by atoms with van der Waals surface area (Å²) in [6.45, 7) is 12.2. The molecule has 2 N–H and O–H groups in total. The van der Waals surface area contributed by atoms with Crippen molar-refractivity contribution < 1.29 is 85.4 Å². The van der Waals surface area contributed by atoms with Crippen molar-refractivity contribution in [1.29, 1.82) is 0 Å². The van der Waals surface area contributed by atoms with E-state index in [1.54, 1.807) is 11.8 Å². The molecule has 1 fully saturated rings. The fourth-order valence-electron chi connectivity index (χ4n) is 4.05. The van der Waals surface area contributed by atoms with Crippen LogP contribution in [0, 0.1) is 0 Å². The van der Waals surface area contributed by atoms with Crippen LogP contribution in [0.5, 0.6) is 0 Å². The number of hydrogen-bond acceptors (Lipinski definition) is 10. The minimum Gasteiger partial charge on any atom is -1.00 e. The fraction of sp³-hybridized carbons (Fsp3) is 0.840. The van der Waals surface area contributed by atoms with Gasteiger partial charge in [0.2, 0.25) is 0 Å². The molecular formula is C25H46BrN4NaO8. The minimum atomic E-state index is -0.954. The number of carboxylic acids is 2. The van der Waals surface area contributed by atoms with Crippen molar-refractivity contribution in [2.45, 2.75) is 52.6 Å². The maximum Gasteiger partial charge on any atom is 1.00 e. The number of rotatable bonds is 12. The number of halogens is 1. The molecule has 0 saturated carbocycles. The van der Waals surface area contributed by atoms with Gasteiger partial charge in [-0.3, -0.25) is 33.9 Å². The van der Waals surface area contributed by atoms with Gasteiger partial charge in [0.15, 0.2) is 0 Å². The number of nitrogens with zero attached hydrogens (tertiary/aromatic N) is 4. The van der Waals surface area contributed by atoms with Crippen LogP contribution in [0.2, 0.25) is 0 Å². The van der Waals surface area contributed by atoms with Crippen molar-refractivity contribution in [3.05, 3.63) is 0 Å². The second-order valence-electron chi connectivity index (χ2n) is 10.3. The molecule has 1 aliphatic heterocycles. The van der Waals surface area contributed by atoms with Crippen LogP contribution in [0.15, 0.2) is 0 Å². The number of aliphatic carboxylic acids is 2. The summed E-state index contributed by atoms with van der Waals surface area (Å²) >= 11 is 0. The number of carbonyl (C=O) groups is 4. The summed E-state index contributed by atoms with van der Waals surface area (Å²) in [6, 6.07) is 0. The van der Waals surface area contributed by atoms with Gasteiger partial charge in [-0.25, -0.2) is 0 Å². The molecule has 0 aromatic heterocycles. The monoisotopic (exact) mass is 632 g/mol. The number of unbranched alkanes of at least 4 members (excludes halogenated alkanes) is 1. The molecule has 1 aliphatic rings. The van der Waals surface area contributed by atoms with Crippen molar-refractivity contribution in [2.24, 2.45) is 0 Å². The second-order valence-corrected chi connectivity index (χ2v) is 10.3. The Balaban J connectivity index is 0. The maximum atomic E-state index is 12.5. The van der Waals surface area contributed by atoms with E-state index in [0.29, 0.717) is 71.8 Å². The zero-order valence-corrected chi connectivity index (χ0v) is 27.9. The summed E-state index contributed by atoms with van der Waals surface area (Å²) < 4.78 is 10.5. The zero-order chi connectivity index (χ0) is 27.8. The Morgan fingerprint density at radius 3 is 1.49 bits per heavy atom. The maximum absolute atomic E-state index is 12.5. The van der Waals surface area contributed by atoms with E-state index in [1.165, 1.54) is 0 Å². The van der Waals surface area contributed by atoms with Crippen molar-refractivity contribution in [3.63, 3.8) is 0 Å². The predicted molar refractivity (Wildman–Crippen MR) is 137 cm³/mol.